The number of halogens is 1. The van der Waals surface area contributed by atoms with E-state index in [1.807, 2.05) is 18.3 Å². The molecule has 0 aliphatic carbocycles. The van der Waals surface area contributed by atoms with Crippen molar-refractivity contribution in [2.45, 2.75) is 19.8 Å². The average Bonchev–Trinajstić information content (AvgIpc) is 2.55. The van der Waals surface area contributed by atoms with E-state index in [4.69, 9.17) is 0 Å². The maximum absolute atomic E-state index is 13.2. The predicted molar refractivity (Wildman–Crippen MR) is 84.7 cm³/mol. The molecule has 3 rings (SSSR count). The van der Waals surface area contributed by atoms with Crippen molar-refractivity contribution in [3.05, 3.63) is 42.4 Å². The van der Waals surface area contributed by atoms with Gasteiger partial charge in [0.15, 0.2) is 0 Å². The average molecular weight is 301 g/mol. The summed E-state index contributed by atoms with van der Waals surface area (Å²) in [6, 6.07) is 5.28. The van der Waals surface area contributed by atoms with Gasteiger partial charge in [-0.15, -0.1) is 0 Å². The monoisotopic (exact) mass is 301 g/mol. The van der Waals surface area contributed by atoms with Crippen molar-refractivity contribution in [2.24, 2.45) is 0 Å². The molecule has 0 atom stereocenters. The first kappa shape index (κ1) is 14.7. The third-order valence-corrected chi connectivity index (χ3v) is 3.85. The Labute approximate surface area is 129 Å². The minimum absolute atomic E-state index is 0.320. The zero-order chi connectivity index (χ0) is 15.5. The number of piperazine rings is 1. The van der Waals surface area contributed by atoms with E-state index in [-0.39, 0.29) is 0 Å². The van der Waals surface area contributed by atoms with Crippen molar-refractivity contribution in [3.63, 3.8) is 0 Å². The van der Waals surface area contributed by atoms with Crippen LogP contribution in [-0.2, 0) is 0 Å². The fourth-order valence-electron chi connectivity index (χ4n) is 2.60. The van der Waals surface area contributed by atoms with Crippen molar-refractivity contribution in [1.82, 2.24) is 15.0 Å². The van der Waals surface area contributed by atoms with E-state index in [9.17, 15) is 4.39 Å². The van der Waals surface area contributed by atoms with Gasteiger partial charge in [-0.2, -0.15) is 4.39 Å². The molecule has 22 heavy (non-hydrogen) atoms. The Morgan fingerprint density at radius 2 is 1.68 bits per heavy atom. The zero-order valence-electron chi connectivity index (χ0n) is 12.9. The van der Waals surface area contributed by atoms with Crippen LogP contribution in [0.25, 0.3) is 0 Å². The summed E-state index contributed by atoms with van der Waals surface area (Å²) in [6.07, 6.45) is 3.33. The summed E-state index contributed by atoms with van der Waals surface area (Å²) in [6.45, 7) is 7.58. The summed E-state index contributed by atoms with van der Waals surface area (Å²) in [5.74, 6) is 1.73. The van der Waals surface area contributed by atoms with Crippen molar-refractivity contribution in [2.75, 3.05) is 36.0 Å². The molecule has 1 aliphatic rings. The Bertz CT molecular complexity index is 638. The summed E-state index contributed by atoms with van der Waals surface area (Å²) in [5.41, 5.74) is 0.887. The zero-order valence-corrected chi connectivity index (χ0v) is 12.9. The third kappa shape index (κ3) is 3.16. The van der Waals surface area contributed by atoms with Crippen LogP contribution in [0.15, 0.2) is 30.6 Å². The summed E-state index contributed by atoms with van der Waals surface area (Å²) >= 11 is 0. The maximum Gasteiger partial charge on any atom is 0.214 e. The number of aromatic nitrogens is 3. The summed E-state index contributed by atoms with van der Waals surface area (Å²) < 4.78 is 13.2. The molecule has 0 saturated carbocycles. The van der Waals surface area contributed by atoms with Crippen molar-refractivity contribution in [1.29, 1.82) is 0 Å². The summed E-state index contributed by atoms with van der Waals surface area (Å²) in [5, 5.41) is 0. The van der Waals surface area contributed by atoms with E-state index >= 15 is 0 Å². The molecular weight excluding hydrogens is 281 g/mol. The lowest BCUT2D eigenvalue weighted by Crippen LogP contribution is -2.47. The van der Waals surface area contributed by atoms with Crippen molar-refractivity contribution in [3.8, 4) is 0 Å². The van der Waals surface area contributed by atoms with Crippen LogP contribution in [-0.4, -0.2) is 41.1 Å². The second kappa shape index (κ2) is 6.25. The van der Waals surface area contributed by atoms with Crippen LogP contribution in [0.1, 0.15) is 25.6 Å². The lowest BCUT2D eigenvalue weighted by Gasteiger charge is -2.36. The lowest BCUT2D eigenvalue weighted by atomic mass is 10.2. The topological polar surface area (TPSA) is 45.2 Å². The minimum Gasteiger partial charge on any atom is -0.368 e. The number of pyridine rings is 1. The van der Waals surface area contributed by atoms with Crippen LogP contribution in [0, 0.1) is 5.95 Å². The Morgan fingerprint density at radius 3 is 2.36 bits per heavy atom. The molecule has 0 unspecified atom stereocenters. The number of anilines is 2. The van der Waals surface area contributed by atoms with E-state index in [1.54, 1.807) is 0 Å². The molecule has 0 bridgehead atoms. The van der Waals surface area contributed by atoms with Gasteiger partial charge in [-0.1, -0.05) is 13.8 Å². The van der Waals surface area contributed by atoms with Crippen molar-refractivity contribution < 1.29 is 4.39 Å². The van der Waals surface area contributed by atoms with E-state index in [2.05, 4.69) is 38.6 Å². The van der Waals surface area contributed by atoms with Gasteiger partial charge in [0.2, 0.25) is 5.95 Å². The van der Waals surface area contributed by atoms with E-state index < -0.39 is 5.95 Å². The van der Waals surface area contributed by atoms with Gasteiger partial charge in [0, 0.05) is 56.2 Å². The van der Waals surface area contributed by atoms with E-state index in [1.165, 1.54) is 12.3 Å². The molecule has 1 aliphatic heterocycles. The molecule has 6 heteroatoms. The summed E-state index contributed by atoms with van der Waals surface area (Å²) in [7, 11) is 0. The maximum atomic E-state index is 13.2. The van der Waals surface area contributed by atoms with Gasteiger partial charge in [0.25, 0.3) is 0 Å². The lowest BCUT2D eigenvalue weighted by molar-refractivity contribution is 0.580. The Morgan fingerprint density at radius 1 is 1.00 bits per heavy atom. The van der Waals surface area contributed by atoms with Gasteiger partial charge in [-0.25, -0.2) is 15.0 Å². The third-order valence-electron chi connectivity index (χ3n) is 3.85. The number of hydrogen-bond acceptors (Lipinski definition) is 5. The highest BCUT2D eigenvalue weighted by Gasteiger charge is 2.19. The molecule has 2 aromatic rings. The van der Waals surface area contributed by atoms with Crippen LogP contribution in [0.3, 0.4) is 0 Å². The normalized spacial score (nSPS) is 15.5. The standard InChI is InChI=1S/C16H20FN5/c1-12(2)16-19-6-4-15(20-16)22-9-7-21(8-10-22)13-3-5-18-14(17)11-13/h3-6,11-12H,7-10H2,1-2H3. The molecule has 2 aromatic heterocycles. The summed E-state index contributed by atoms with van der Waals surface area (Å²) in [4.78, 5) is 17.0. The van der Waals surface area contributed by atoms with Gasteiger partial charge < -0.3 is 9.80 Å². The molecule has 3 heterocycles. The van der Waals surface area contributed by atoms with E-state index in [0.29, 0.717) is 5.92 Å². The number of nitrogens with zero attached hydrogens (tertiary/aromatic N) is 5. The molecule has 5 nitrogen and oxygen atoms in total. The Balaban J connectivity index is 1.68. The highest BCUT2D eigenvalue weighted by atomic mass is 19.1. The van der Waals surface area contributed by atoms with E-state index in [0.717, 1.165) is 43.5 Å². The minimum atomic E-state index is -0.433. The van der Waals surface area contributed by atoms with Gasteiger partial charge >= 0.3 is 0 Å². The van der Waals surface area contributed by atoms with Crippen molar-refractivity contribution >= 4 is 11.5 Å². The van der Waals surface area contributed by atoms with Gasteiger partial charge in [-0.3, -0.25) is 0 Å². The largest absolute Gasteiger partial charge is 0.368 e. The molecule has 0 N–H and O–H groups in total. The molecule has 1 fully saturated rings. The Kier molecular flexibility index (Phi) is 4.18. The van der Waals surface area contributed by atoms with Crippen LogP contribution in [0.5, 0.6) is 0 Å². The van der Waals surface area contributed by atoms with Crippen LogP contribution >= 0.6 is 0 Å². The van der Waals surface area contributed by atoms with Gasteiger partial charge in [0.05, 0.1) is 0 Å². The molecule has 1 saturated heterocycles. The smallest absolute Gasteiger partial charge is 0.214 e. The first-order valence-corrected chi connectivity index (χ1v) is 7.58. The van der Waals surface area contributed by atoms with Gasteiger partial charge in [-0.05, 0) is 12.1 Å². The highest BCUT2D eigenvalue weighted by Crippen LogP contribution is 2.20. The van der Waals surface area contributed by atoms with Crippen LogP contribution in [0.2, 0.25) is 0 Å². The second-order valence-electron chi connectivity index (χ2n) is 5.74. The van der Waals surface area contributed by atoms with Crippen LogP contribution < -0.4 is 9.80 Å². The fraction of sp³-hybridized carbons (Fsp3) is 0.438. The SMILES string of the molecule is CC(C)c1nccc(N2CCN(c3ccnc(F)c3)CC2)n1. The first-order chi connectivity index (χ1) is 10.6. The quantitative estimate of drug-likeness (QED) is 0.815. The van der Waals surface area contributed by atoms with Gasteiger partial charge in [0.1, 0.15) is 11.6 Å². The molecular formula is C16H20FN5. The predicted octanol–water partition coefficient (Wildman–Crippen LogP) is 2.46. The van der Waals surface area contributed by atoms with Crippen LogP contribution in [0.4, 0.5) is 15.9 Å². The molecule has 116 valence electrons. The molecule has 0 amide bonds. The highest BCUT2D eigenvalue weighted by molar-refractivity contribution is 5.48. The number of rotatable bonds is 3. The Hall–Kier alpha value is -2.24. The molecule has 0 spiro atoms. The molecule has 0 aromatic carbocycles. The first-order valence-electron chi connectivity index (χ1n) is 7.58. The second-order valence-corrected chi connectivity index (χ2v) is 5.74. The number of hydrogen-bond donors (Lipinski definition) is 0. The molecule has 0 radical (unpaired) electrons. The fourth-order valence-corrected chi connectivity index (χ4v) is 2.60.